The number of nitrogens with zero attached hydrogens (tertiary/aromatic N) is 3. The Labute approximate surface area is 199 Å². The predicted octanol–water partition coefficient (Wildman–Crippen LogP) is 4.52. The van der Waals surface area contributed by atoms with Gasteiger partial charge in [0.15, 0.2) is 0 Å². The third-order valence-corrected chi connectivity index (χ3v) is 5.96. The Hall–Kier alpha value is -1.99. The van der Waals surface area contributed by atoms with Crippen molar-refractivity contribution < 1.29 is 23.9 Å². The van der Waals surface area contributed by atoms with Gasteiger partial charge < -0.3 is 24.2 Å². The monoisotopic (exact) mass is 467 g/mol. The third-order valence-electron chi connectivity index (χ3n) is 5.96. The Bertz CT molecular complexity index is 695. The van der Waals surface area contributed by atoms with Gasteiger partial charge >= 0.3 is 12.2 Å². The minimum Gasteiger partial charge on any atom is -0.444 e. The van der Waals surface area contributed by atoms with Crippen LogP contribution in [0.1, 0.15) is 81.1 Å². The van der Waals surface area contributed by atoms with E-state index in [1.807, 2.05) is 60.3 Å². The summed E-state index contributed by atoms with van der Waals surface area (Å²) in [6.45, 7) is 18.1. The van der Waals surface area contributed by atoms with Gasteiger partial charge in [0.25, 0.3) is 0 Å². The molecule has 0 bridgehead atoms. The van der Waals surface area contributed by atoms with Gasteiger partial charge in [-0.25, -0.2) is 9.59 Å². The average Bonchev–Trinajstić information content (AvgIpc) is 2.69. The van der Waals surface area contributed by atoms with Crippen molar-refractivity contribution in [1.82, 2.24) is 14.7 Å². The number of hydrogen-bond donors (Lipinski definition) is 0. The van der Waals surface area contributed by atoms with Gasteiger partial charge in [-0.3, -0.25) is 4.79 Å². The van der Waals surface area contributed by atoms with Crippen LogP contribution in [0.4, 0.5) is 9.59 Å². The number of carbonyl (C=O) groups is 3. The smallest absolute Gasteiger partial charge is 0.410 e. The summed E-state index contributed by atoms with van der Waals surface area (Å²) >= 11 is 0. The van der Waals surface area contributed by atoms with Crippen molar-refractivity contribution in [2.24, 2.45) is 11.8 Å². The summed E-state index contributed by atoms with van der Waals surface area (Å²) in [5, 5.41) is 0. The Morgan fingerprint density at radius 3 is 2.03 bits per heavy atom. The maximum atomic E-state index is 13.3. The summed E-state index contributed by atoms with van der Waals surface area (Å²) in [4.78, 5) is 43.9. The minimum absolute atomic E-state index is 0.0201. The normalized spacial score (nSPS) is 22.2. The molecule has 2 rings (SSSR count). The molecule has 2 aliphatic heterocycles. The molecule has 8 nitrogen and oxygen atoms in total. The SMILES string of the molecule is CC(C)N(CC1CCCN(C(=O)C2CCCN(C(=O)OC(C)(C)C)C2)C1)C(=O)OC(C)(C)C. The molecule has 33 heavy (non-hydrogen) atoms. The molecule has 3 amide bonds. The molecule has 0 aromatic rings. The van der Waals surface area contributed by atoms with Crippen LogP contribution in [-0.2, 0) is 14.3 Å². The molecule has 0 aliphatic carbocycles. The highest BCUT2D eigenvalue weighted by atomic mass is 16.6. The van der Waals surface area contributed by atoms with Crippen LogP contribution in [0.5, 0.6) is 0 Å². The first-order chi connectivity index (χ1) is 15.2. The van der Waals surface area contributed by atoms with Gasteiger partial charge in [0.2, 0.25) is 5.91 Å². The lowest BCUT2D eigenvalue weighted by Gasteiger charge is -2.40. The van der Waals surface area contributed by atoms with E-state index in [0.29, 0.717) is 26.2 Å². The van der Waals surface area contributed by atoms with Crippen LogP contribution >= 0.6 is 0 Å². The second kappa shape index (κ2) is 11.0. The van der Waals surface area contributed by atoms with Gasteiger partial charge in [0, 0.05) is 38.8 Å². The number of carbonyl (C=O) groups excluding carboxylic acids is 3. The molecule has 2 fully saturated rings. The van der Waals surface area contributed by atoms with E-state index in [1.165, 1.54) is 0 Å². The highest BCUT2D eigenvalue weighted by Gasteiger charge is 2.36. The van der Waals surface area contributed by atoms with Crippen LogP contribution in [0.2, 0.25) is 0 Å². The lowest BCUT2D eigenvalue weighted by atomic mass is 9.92. The molecule has 0 saturated carbocycles. The lowest BCUT2D eigenvalue weighted by molar-refractivity contribution is -0.139. The van der Waals surface area contributed by atoms with Crippen LogP contribution in [0, 0.1) is 11.8 Å². The highest BCUT2D eigenvalue weighted by Crippen LogP contribution is 2.25. The number of hydrogen-bond acceptors (Lipinski definition) is 5. The quantitative estimate of drug-likeness (QED) is 0.607. The third kappa shape index (κ3) is 8.70. The Kier molecular flexibility index (Phi) is 9.05. The van der Waals surface area contributed by atoms with E-state index < -0.39 is 11.2 Å². The van der Waals surface area contributed by atoms with Gasteiger partial charge in [0.1, 0.15) is 11.2 Å². The van der Waals surface area contributed by atoms with Crippen molar-refractivity contribution >= 4 is 18.1 Å². The van der Waals surface area contributed by atoms with Crippen LogP contribution in [-0.4, -0.2) is 82.8 Å². The highest BCUT2D eigenvalue weighted by molar-refractivity contribution is 5.80. The zero-order valence-electron chi connectivity index (χ0n) is 22.0. The molecule has 2 aliphatic rings. The maximum absolute atomic E-state index is 13.3. The molecule has 2 heterocycles. The Morgan fingerprint density at radius 1 is 0.879 bits per heavy atom. The molecular formula is C25H45N3O5. The zero-order chi connectivity index (χ0) is 25.0. The second-order valence-electron chi connectivity index (χ2n) is 11.8. The molecule has 0 N–H and O–H groups in total. The van der Waals surface area contributed by atoms with E-state index in [9.17, 15) is 14.4 Å². The van der Waals surface area contributed by atoms with Gasteiger partial charge in [0.05, 0.1) is 5.92 Å². The van der Waals surface area contributed by atoms with Crippen molar-refractivity contribution in [2.45, 2.75) is 98.3 Å². The summed E-state index contributed by atoms with van der Waals surface area (Å²) < 4.78 is 11.1. The molecule has 0 aromatic heterocycles. The molecule has 2 saturated heterocycles. The van der Waals surface area contributed by atoms with E-state index in [1.54, 1.807) is 9.80 Å². The molecule has 190 valence electrons. The van der Waals surface area contributed by atoms with Gasteiger partial charge in [-0.2, -0.15) is 0 Å². The van der Waals surface area contributed by atoms with E-state index >= 15 is 0 Å². The summed E-state index contributed by atoms with van der Waals surface area (Å²) in [5.74, 6) is 0.126. The van der Waals surface area contributed by atoms with E-state index in [4.69, 9.17) is 9.47 Å². The Balaban J connectivity index is 1.97. The topological polar surface area (TPSA) is 79.4 Å². The summed E-state index contributed by atoms with van der Waals surface area (Å²) in [6, 6.07) is 0.0201. The average molecular weight is 468 g/mol. The number of piperidine rings is 2. The Morgan fingerprint density at radius 2 is 1.45 bits per heavy atom. The second-order valence-corrected chi connectivity index (χ2v) is 11.8. The lowest BCUT2D eigenvalue weighted by Crippen LogP contribution is -2.51. The van der Waals surface area contributed by atoms with E-state index in [0.717, 1.165) is 32.2 Å². The molecule has 2 unspecified atom stereocenters. The fraction of sp³-hybridized carbons (Fsp3) is 0.880. The van der Waals surface area contributed by atoms with Crippen molar-refractivity contribution in [3.8, 4) is 0 Å². The molecule has 0 aromatic carbocycles. The van der Waals surface area contributed by atoms with Crippen LogP contribution in [0.15, 0.2) is 0 Å². The first-order valence-corrected chi connectivity index (χ1v) is 12.4. The van der Waals surface area contributed by atoms with Crippen molar-refractivity contribution in [3.05, 3.63) is 0 Å². The molecule has 0 spiro atoms. The number of amides is 3. The summed E-state index contributed by atoms with van der Waals surface area (Å²) in [7, 11) is 0. The summed E-state index contributed by atoms with van der Waals surface area (Å²) in [5.41, 5.74) is -1.09. The van der Waals surface area contributed by atoms with Crippen molar-refractivity contribution in [3.63, 3.8) is 0 Å². The summed E-state index contributed by atoms with van der Waals surface area (Å²) in [6.07, 6.45) is 2.83. The van der Waals surface area contributed by atoms with Crippen molar-refractivity contribution in [1.29, 1.82) is 0 Å². The predicted molar refractivity (Wildman–Crippen MR) is 128 cm³/mol. The van der Waals surface area contributed by atoms with E-state index in [2.05, 4.69) is 0 Å². The standard InChI is InChI=1S/C25H45N3O5/c1-18(2)28(23(31)33-25(6,7)8)16-19-11-9-13-26(15-19)21(29)20-12-10-14-27(17-20)22(30)32-24(3,4)5/h18-20H,9-17H2,1-8H3. The molecule has 0 radical (unpaired) electrons. The number of ether oxygens (including phenoxy) is 2. The van der Waals surface area contributed by atoms with Gasteiger partial charge in [-0.1, -0.05) is 0 Å². The minimum atomic E-state index is -0.551. The molecule has 8 heteroatoms. The largest absolute Gasteiger partial charge is 0.444 e. The fourth-order valence-corrected chi connectivity index (χ4v) is 4.44. The number of likely N-dealkylation sites (tertiary alicyclic amines) is 2. The number of rotatable bonds is 4. The van der Waals surface area contributed by atoms with Crippen LogP contribution < -0.4 is 0 Å². The first-order valence-electron chi connectivity index (χ1n) is 12.4. The molecular weight excluding hydrogens is 422 g/mol. The van der Waals surface area contributed by atoms with Crippen molar-refractivity contribution in [2.75, 3.05) is 32.7 Å². The maximum Gasteiger partial charge on any atom is 0.410 e. The first kappa shape index (κ1) is 27.3. The fourth-order valence-electron chi connectivity index (χ4n) is 4.44. The zero-order valence-corrected chi connectivity index (χ0v) is 22.0. The van der Waals surface area contributed by atoms with Crippen LogP contribution in [0.3, 0.4) is 0 Å². The van der Waals surface area contributed by atoms with Gasteiger partial charge in [-0.05, 0) is 87.0 Å². The van der Waals surface area contributed by atoms with Crippen LogP contribution in [0.25, 0.3) is 0 Å². The molecule has 2 atom stereocenters. The van der Waals surface area contributed by atoms with E-state index in [-0.39, 0.29) is 36.0 Å². The van der Waals surface area contributed by atoms with Gasteiger partial charge in [-0.15, -0.1) is 0 Å².